The van der Waals surface area contributed by atoms with Gasteiger partial charge in [0.15, 0.2) is 0 Å². The first-order valence-corrected chi connectivity index (χ1v) is 7.31. The summed E-state index contributed by atoms with van der Waals surface area (Å²) in [5.74, 6) is 0. The van der Waals surface area contributed by atoms with Crippen molar-refractivity contribution in [3.63, 3.8) is 0 Å². The third-order valence-electron chi connectivity index (χ3n) is 4.08. The number of nitrogens with two attached hydrogens (primary N) is 2. The lowest BCUT2D eigenvalue weighted by molar-refractivity contribution is 0.551. The monoisotopic (exact) mass is 268 g/mol. The van der Waals surface area contributed by atoms with E-state index in [9.17, 15) is 0 Å². The molecule has 0 aliphatic heterocycles. The zero-order valence-corrected chi connectivity index (χ0v) is 12.4. The van der Waals surface area contributed by atoms with Crippen molar-refractivity contribution in [3.05, 3.63) is 70.8 Å². The summed E-state index contributed by atoms with van der Waals surface area (Å²) >= 11 is 0. The molecule has 0 heterocycles. The second kappa shape index (κ2) is 6.21. The van der Waals surface area contributed by atoms with Crippen molar-refractivity contribution in [2.45, 2.75) is 32.2 Å². The van der Waals surface area contributed by atoms with Crippen LogP contribution in [0.25, 0.3) is 0 Å². The molecule has 0 unspecified atom stereocenters. The fraction of sp³-hybridized carbons (Fsp3) is 0.333. The van der Waals surface area contributed by atoms with Crippen LogP contribution in [0.4, 0.5) is 0 Å². The molecule has 4 N–H and O–H groups in total. The summed E-state index contributed by atoms with van der Waals surface area (Å²) in [6.45, 7) is 4.69. The van der Waals surface area contributed by atoms with E-state index in [4.69, 9.17) is 11.5 Å². The lowest BCUT2D eigenvalue weighted by atomic mass is 9.83. The Kier molecular flexibility index (Phi) is 4.58. The van der Waals surface area contributed by atoms with Crippen molar-refractivity contribution in [1.29, 1.82) is 0 Å². The van der Waals surface area contributed by atoms with Gasteiger partial charge >= 0.3 is 0 Å². The van der Waals surface area contributed by atoms with Gasteiger partial charge in [0, 0.05) is 6.54 Å². The minimum atomic E-state index is -0.613. The molecule has 2 nitrogen and oxygen atoms in total. The van der Waals surface area contributed by atoms with Gasteiger partial charge in [0.2, 0.25) is 0 Å². The van der Waals surface area contributed by atoms with Crippen LogP contribution in [-0.2, 0) is 18.4 Å². The summed E-state index contributed by atoms with van der Waals surface area (Å²) in [7, 11) is 0. The second-order valence-corrected chi connectivity index (χ2v) is 5.28. The third kappa shape index (κ3) is 2.77. The second-order valence-electron chi connectivity index (χ2n) is 5.28. The highest BCUT2D eigenvalue weighted by atomic mass is 14.8. The lowest BCUT2D eigenvalue weighted by Gasteiger charge is -2.29. The Morgan fingerprint density at radius 2 is 1.10 bits per heavy atom. The molecule has 0 fully saturated rings. The van der Waals surface area contributed by atoms with E-state index >= 15 is 0 Å². The summed E-state index contributed by atoms with van der Waals surface area (Å²) in [5, 5.41) is 0. The maximum atomic E-state index is 6.60. The lowest BCUT2D eigenvalue weighted by Crippen LogP contribution is -2.45. The molecule has 0 saturated heterocycles. The number of aryl methyl sites for hydroxylation is 2. The molecule has 106 valence electrons. The van der Waals surface area contributed by atoms with E-state index in [1.165, 1.54) is 11.1 Å². The summed E-state index contributed by atoms with van der Waals surface area (Å²) in [6, 6.07) is 16.9. The fourth-order valence-electron chi connectivity index (χ4n) is 2.48. The van der Waals surface area contributed by atoms with Crippen molar-refractivity contribution < 1.29 is 0 Å². The number of hydrogen-bond donors (Lipinski definition) is 2. The normalized spacial score (nSPS) is 11.6. The highest BCUT2D eigenvalue weighted by Gasteiger charge is 2.27. The quantitative estimate of drug-likeness (QED) is 0.876. The minimum Gasteiger partial charge on any atom is -0.328 e. The minimum absolute atomic E-state index is 0.393. The van der Waals surface area contributed by atoms with Crippen molar-refractivity contribution in [1.82, 2.24) is 0 Å². The molecule has 0 spiro atoms. The molecule has 2 aromatic carbocycles. The Hall–Kier alpha value is -1.64. The summed E-state index contributed by atoms with van der Waals surface area (Å²) in [6.07, 6.45) is 2.07. The molecule has 0 amide bonds. The molecule has 0 aliphatic carbocycles. The zero-order valence-electron chi connectivity index (χ0n) is 12.4. The van der Waals surface area contributed by atoms with Gasteiger partial charge in [-0.15, -0.1) is 0 Å². The number of rotatable bonds is 5. The Bertz CT molecular complexity index is 493. The Morgan fingerprint density at radius 3 is 1.35 bits per heavy atom. The van der Waals surface area contributed by atoms with E-state index in [1.54, 1.807) is 0 Å². The van der Waals surface area contributed by atoms with Crippen molar-refractivity contribution in [2.24, 2.45) is 11.5 Å². The Labute approximate surface area is 121 Å². The molecule has 0 radical (unpaired) electrons. The van der Waals surface area contributed by atoms with E-state index in [0.29, 0.717) is 6.54 Å². The van der Waals surface area contributed by atoms with Crippen LogP contribution in [0.2, 0.25) is 0 Å². The summed E-state index contributed by atoms with van der Waals surface area (Å²) in [4.78, 5) is 0. The van der Waals surface area contributed by atoms with Crippen LogP contribution in [0, 0.1) is 0 Å². The first kappa shape index (κ1) is 14.8. The number of benzene rings is 2. The maximum Gasteiger partial charge on any atom is 0.0789 e. The van der Waals surface area contributed by atoms with Crippen LogP contribution in [0.5, 0.6) is 0 Å². The smallest absolute Gasteiger partial charge is 0.0789 e. The van der Waals surface area contributed by atoms with Gasteiger partial charge in [0.1, 0.15) is 0 Å². The SMILES string of the molecule is CCc1ccc(C(N)(CN)c2ccc(CC)cc2)cc1. The topological polar surface area (TPSA) is 52.0 Å². The van der Waals surface area contributed by atoms with Gasteiger partial charge < -0.3 is 11.5 Å². The Balaban J connectivity index is 2.39. The van der Waals surface area contributed by atoms with E-state index in [1.807, 2.05) is 0 Å². The molecule has 20 heavy (non-hydrogen) atoms. The van der Waals surface area contributed by atoms with Gasteiger partial charge in [0.05, 0.1) is 5.54 Å². The molecule has 0 aromatic heterocycles. The van der Waals surface area contributed by atoms with E-state index in [-0.39, 0.29) is 0 Å². The first-order chi connectivity index (χ1) is 9.63. The average molecular weight is 268 g/mol. The maximum absolute atomic E-state index is 6.60. The first-order valence-electron chi connectivity index (χ1n) is 7.31. The van der Waals surface area contributed by atoms with Crippen LogP contribution in [-0.4, -0.2) is 6.54 Å². The zero-order chi connectivity index (χ0) is 14.6. The predicted molar refractivity (Wildman–Crippen MR) is 85.7 cm³/mol. The molecule has 0 atom stereocenters. The van der Waals surface area contributed by atoms with Crippen LogP contribution in [0.1, 0.15) is 36.1 Å². The third-order valence-corrected chi connectivity index (χ3v) is 4.08. The van der Waals surface area contributed by atoms with E-state index in [2.05, 4.69) is 62.4 Å². The molecule has 0 bridgehead atoms. The molecular weight excluding hydrogens is 244 g/mol. The van der Waals surface area contributed by atoms with Gasteiger partial charge in [-0.05, 0) is 35.1 Å². The molecule has 0 aliphatic rings. The fourth-order valence-corrected chi connectivity index (χ4v) is 2.48. The van der Waals surface area contributed by atoms with Crippen molar-refractivity contribution >= 4 is 0 Å². The van der Waals surface area contributed by atoms with Crippen molar-refractivity contribution in [2.75, 3.05) is 6.54 Å². The molecule has 0 saturated carbocycles. The van der Waals surface area contributed by atoms with Gasteiger partial charge in [-0.2, -0.15) is 0 Å². The highest BCUT2D eigenvalue weighted by Crippen LogP contribution is 2.27. The van der Waals surface area contributed by atoms with Crippen molar-refractivity contribution in [3.8, 4) is 0 Å². The summed E-state index contributed by atoms with van der Waals surface area (Å²) < 4.78 is 0. The van der Waals surface area contributed by atoms with E-state index in [0.717, 1.165) is 24.0 Å². The average Bonchev–Trinajstić information content (AvgIpc) is 2.54. The molecule has 2 aromatic rings. The largest absolute Gasteiger partial charge is 0.328 e. The van der Waals surface area contributed by atoms with Crippen LogP contribution in [0.3, 0.4) is 0 Å². The van der Waals surface area contributed by atoms with Gasteiger partial charge in [0.25, 0.3) is 0 Å². The predicted octanol–water partition coefficient (Wildman–Crippen LogP) is 2.97. The van der Waals surface area contributed by atoms with E-state index < -0.39 is 5.54 Å². The van der Waals surface area contributed by atoms with Crippen LogP contribution >= 0.6 is 0 Å². The highest BCUT2D eigenvalue weighted by molar-refractivity contribution is 5.40. The molecular formula is C18H24N2. The van der Waals surface area contributed by atoms with Crippen LogP contribution in [0.15, 0.2) is 48.5 Å². The van der Waals surface area contributed by atoms with Gasteiger partial charge in [-0.1, -0.05) is 62.4 Å². The summed E-state index contributed by atoms with van der Waals surface area (Å²) in [5.41, 5.74) is 16.7. The Morgan fingerprint density at radius 1 is 0.750 bits per heavy atom. The van der Waals surface area contributed by atoms with Crippen LogP contribution < -0.4 is 11.5 Å². The molecule has 2 rings (SSSR count). The van der Waals surface area contributed by atoms with Gasteiger partial charge in [-0.25, -0.2) is 0 Å². The van der Waals surface area contributed by atoms with Gasteiger partial charge in [-0.3, -0.25) is 0 Å². The standard InChI is InChI=1S/C18H24N2/c1-3-14-5-9-16(10-6-14)18(20,13-19)17-11-7-15(4-2)8-12-17/h5-12H,3-4,13,19-20H2,1-2H3. The molecule has 2 heteroatoms. The number of hydrogen-bond acceptors (Lipinski definition) is 2.